The first-order valence-electron chi connectivity index (χ1n) is 10.6. The van der Waals surface area contributed by atoms with Gasteiger partial charge in [-0.15, -0.1) is 0 Å². The molecule has 0 N–H and O–H groups in total. The fourth-order valence-electron chi connectivity index (χ4n) is 4.65. The van der Waals surface area contributed by atoms with Crippen molar-refractivity contribution >= 4 is 5.91 Å². The van der Waals surface area contributed by atoms with Crippen LogP contribution in [0, 0.1) is 0 Å². The number of amides is 1. The molecule has 0 radical (unpaired) electrons. The van der Waals surface area contributed by atoms with Crippen LogP contribution in [0.3, 0.4) is 0 Å². The molecule has 2 aliphatic rings. The molecule has 5 nitrogen and oxygen atoms in total. The summed E-state index contributed by atoms with van der Waals surface area (Å²) in [6, 6.07) is 12.7. The van der Waals surface area contributed by atoms with Crippen molar-refractivity contribution in [3.63, 3.8) is 0 Å². The fraction of sp³-hybridized carbons (Fsp3) is 0.500. The lowest BCUT2D eigenvalue weighted by Gasteiger charge is -2.43. The number of hydrogen-bond donors (Lipinski definition) is 0. The number of fused-ring (bicyclic) bond motifs is 1. The van der Waals surface area contributed by atoms with Crippen molar-refractivity contribution in [1.82, 2.24) is 14.8 Å². The Hall–Kier alpha value is -2.40. The Kier molecular flexibility index (Phi) is 5.86. The largest absolute Gasteiger partial charge is 0.485 e. The average Bonchev–Trinajstić information content (AvgIpc) is 2.89. The molecular formula is C24H31N3O2. The molecule has 0 atom stereocenters. The van der Waals surface area contributed by atoms with Crippen molar-refractivity contribution in [3.05, 3.63) is 59.9 Å². The normalized spacial score (nSPS) is 24.1. The Morgan fingerprint density at radius 2 is 2.00 bits per heavy atom. The quantitative estimate of drug-likeness (QED) is 0.795. The highest BCUT2D eigenvalue weighted by molar-refractivity contribution is 5.76. The van der Waals surface area contributed by atoms with Gasteiger partial charge in [-0.3, -0.25) is 9.78 Å². The van der Waals surface area contributed by atoms with E-state index in [1.165, 1.54) is 0 Å². The molecule has 0 bridgehead atoms. The van der Waals surface area contributed by atoms with Gasteiger partial charge in [0.25, 0.3) is 0 Å². The van der Waals surface area contributed by atoms with E-state index < -0.39 is 0 Å². The number of para-hydroxylation sites is 1. The number of pyridine rings is 1. The van der Waals surface area contributed by atoms with E-state index in [9.17, 15) is 4.79 Å². The Morgan fingerprint density at radius 1 is 1.21 bits per heavy atom. The number of aryl methyl sites for hydroxylation is 1. The van der Waals surface area contributed by atoms with Crippen LogP contribution < -0.4 is 4.74 Å². The first kappa shape index (κ1) is 19.9. The lowest BCUT2D eigenvalue weighted by Crippen LogP contribution is -2.51. The number of rotatable bonds is 4. The summed E-state index contributed by atoms with van der Waals surface area (Å²) >= 11 is 0. The summed E-state index contributed by atoms with van der Waals surface area (Å²) < 4.78 is 6.63. The molecule has 2 heterocycles. The topological polar surface area (TPSA) is 45.7 Å². The monoisotopic (exact) mass is 393 g/mol. The van der Waals surface area contributed by atoms with Crippen molar-refractivity contribution in [1.29, 1.82) is 0 Å². The molecule has 154 valence electrons. The van der Waals surface area contributed by atoms with Crippen LogP contribution in [-0.4, -0.2) is 53.0 Å². The highest BCUT2D eigenvalue weighted by Gasteiger charge is 2.42. The number of ether oxygens (including phenoxy) is 1. The van der Waals surface area contributed by atoms with Gasteiger partial charge in [0.1, 0.15) is 11.4 Å². The second kappa shape index (κ2) is 8.54. The van der Waals surface area contributed by atoms with Crippen molar-refractivity contribution in [2.45, 2.75) is 56.7 Å². The lowest BCUT2D eigenvalue weighted by molar-refractivity contribution is -0.135. The highest BCUT2D eigenvalue weighted by Crippen LogP contribution is 2.39. The number of carbonyl (C=O) groups is 1. The minimum atomic E-state index is -0.275. The van der Waals surface area contributed by atoms with Gasteiger partial charge in [0.2, 0.25) is 5.91 Å². The Balaban J connectivity index is 1.52. The van der Waals surface area contributed by atoms with E-state index in [1.807, 2.05) is 35.4 Å². The van der Waals surface area contributed by atoms with Gasteiger partial charge < -0.3 is 14.5 Å². The zero-order valence-corrected chi connectivity index (χ0v) is 17.5. The van der Waals surface area contributed by atoms with Crippen molar-refractivity contribution in [2.75, 3.05) is 20.6 Å². The van der Waals surface area contributed by atoms with Gasteiger partial charge in [-0.05, 0) is 63.9 Å². The van der Waals surface area contributed by atoms with E-state index in [-0.39, 0.29) is 11.5 Å². The maximum absolute atomic E-state index is 13.2. The van der Waals surface area contributed by atoms with Crippen LogP contribution in [0.15, 0.2) is 48.8 Å². The van der Waals surface area contributed by atoms with Crippen LogP contribution in [0.2, 0.25) is 0 Å². The van der Waals surface area contributed by atoms with E-state index >= 15 is 0 Å². The van der Waals surface area contributed by atoms with Gasteiger partial charge in [0.05, 0.1) is 6.54 Å². The number of hydrogen-bond acceptors (Lipinski definition) is 4. The smallest absolute Gasteiger partial charge is 0.223 e. The molecule has 1 aliphatic heterocycles. The fourth-order valence-corrected chi connectivity index (χ4v) is 4.65. The molecule has 2 aromatic rings. The molecule has 5 heteroatoms. The minimum Gasteiger partial charge on any atom is -0.485 e. The molecule has 0 unspecified atom stereocenters. The average molecular weight is 394 g/mol. The van der Waals surface area contributed by atoms with Crippen LogP contribution in [0.4, 0.5) is 0 Å². The standard InChI is InChI=1S/C24H31N3O2/c1-26(2)21-11-13-24(14-12-21)18-27(17-20-7-3-4-8-22(20)29-24)23(28)10-9-19-6-5-15-25-16-19/h3-8,15-16,21H,9-14,17-18H2,1-2H3. The maximum atomic E-state index is 13.2. The SMILES string of the molecule is CN(C)C1CCC2(CC1)CN(C(=O)CCc1cccnc1)Cc1ccccc1O2. The lowest BCUT2D eigenvalue weighted by atomic mass is 9.81. The number of nitrogens with zero attached hydrogens (tertiary/aromatic N) is 3. The van der Waals surface area contributed by atoms with E-state index in [4.69, 9.17) is 4.74 Å². The summed E-state index contributed by atoms with van der Waals surface area (Å²) in [6.45, 7) is 1.30. The van der Waals surface area contributed by atoms with Gasteiger partial charge in [0.15, 0.2) is 0 Å². The van der Waals surface area contributed by atoms with Gasteiger partial charge >= 0.3 is 0 Å². The summed E-state index contributed by atoms with van der Waals surface area (Å²) in [6.07, 6.45) is 9.01. The third-order valence-electron chi connectivity index (χ3n) is 6.44. The maximum Gasteiger partial charge on any atom is 0.223 e. The van der Waals surface area contributed by atoms with E-state index in [0.29, 0.717) is 25.6 Å². The molecule has 1 aromatic carbocycles. The van der Waals surface area contributed by atoms with Gasteiger partial charge in [-0.1, -0.05) is 24.3 Å². The summed E-state index contributed by atoms with van der Waals surface area (Å²) in [5.41, 5.74) is 1.94. The molecule has 1 spiro atoms. The number of benzene rings is 1. The van der Waals surface area contributed by atoms with Gasteiger partial charge in [-0.25, -0.2) is 0 Å². The molecule has 4 rings (SSSR count). The predicted molar refractivity (Wildman–Crippen MR) is 114 cm³/mol. The third-order valence-corrected chi connectivity index (χ3v) is 6.44. The zero-order chi connectivity index (χ0) is 20.3. The number of carbonyl (C=O) groups excluding carboxylic acids is 1. The molecule has 1 aliphatic carbocycles. The summed E-state index contributed by atoms with van der Waals surface area (Å²) in [5.74, 6) is 1.14. The summed E-state index contributed by atoms with van der Waals surface area (Å²) in [4.78, 5) is 21.7. The Bertz CT molecular complexity index is 829. The molecule has 1 saturated carbocycles. The van der Waals surface area contributed by atoms with Gasteiger partial charge in [0, 0.05) is 37.0 Å². The number of aromatic nitrogens is 1. The van der Waals surface area contributed by atoms with Crippen LogP contribution >= 0.6 is 0 Å². The first-order chi connectivity index (χ1) is 14.0. The van der Waals surface area contributed by atoms with E-state index in [2.05, 4.69) is 36.1 Å². The molecule has 1 amide bonds. The first-order valence-corrected chi connectivity index (χ1v) is 10.6. The highest BCUT2D eigenvalue weighted by atomic mass is 16.5. The molecule has 0 saturated heterocycles. The second-order valence-electron chi connectivity index (χ2n) is 8.70. The van der Waals surface area contributed by atoms with E-state index in [1.54, 1.807) is 6.20 Å². The van der Waals surface area contributed by atoms with Crippen molar-refractivity contribution in [2.24, 2.45) is 0 Å². The second-order valence-corrected chi connectivity index (χ2v) is 8.70. The van der Waals surface area contributed by atoms with Crippen LogP contribution in [0.25, 0.3) is 0 Å². The Morgan fingerprint density at radius 3 is 2.72 bits per heavy atom. The van der Waals surface area contributed by atoms with Crippen LogP contribution in [0.1, 0.15) is 43.2 Å². The van der Waals surface area contributed by atoms with Crippen LogP contribution in [0.5, 0.6) is 5.75 Å². The van der Waals surface area contributed by atoms with Crippen molar-refractivity contribution in [3.8, 4) is 5.75 Å². The van der Waals surface area contributed by atoms with Gasteiger partial charge in [-0.2, -0.15) is 0 Å². The van der Waals surface area contributed by atoms with Crippen molar-refractivity contribution < 1.29 is 9.53 Å². The summed E-state index contributed by atoms with van der Waals surface area (Å²) in [5, 5.41) is 0. The molecule has 29 heavy (non-hydrogen) atoms. The van der Waals surface area contributed by atoms with Crippen LogP contribution in [-0.2, 0) is 17.8 Å². The minimum absolute atomic E-state index is 0.197. The predicted octanol–water partition coefficient (Wildman–Crippen LogP) is 3.68. The summed E-state index contributed by atoms with van der Waals surface area (Å²) in [7, 11) is 4.31. The molecule has 1 aromatic heterocycles. The molecular weight excluding hydrogens is 362 g/mol. The third kappa shape index (κ3) is 4.61. The Labute approximate surface area is 173 Å². The zero-order valence-electron chi connectivity index (χ0n) is 17.5. The molecule has 1 fully saturated rings. The van der Waals surface area contributed by atoms with E-state index in [0.717, 1.165) is 49.0 Å².